The van der Waals surface area contributed by atoms with Crippen LogP contribution in [0.3, 0.4) is 0 Å². The zero-order valence-corrected chi connectivity index (χ0v) is 15.1. The highest BCUT2D eigenvalue weighted by atomic mass is 15.3. The first-order valence-corrected chi connectivity index (χ1v) is 8.91. The summed E-state index contributed by atoms with van der Waals surface area (Å²) in [5.74, 6) is 1.19. The van der Waals surface area contributed by atoms with E-state index >= 15 is 0 Å². The van der Waals surface area contributed by atoms with E-state index in [0.717, 1.165) is 42.9 Å². The summed E-state index contributed by atoms with van der Waals surface area (Å²) in [5.41, 5.74) is 4.94. The number of fused-ring (bicyclic) bond motifs is 1. The van der Waals surface area contributed by atoms with Crippen molar-refractivity contribution in [2.45, 2.75) is 38.9 Å². The van der Waals surface area contributed by atoms with Gasteiger partial charge in [0, 0.05) is 56.1 Å². The highest BCUT2D eigenvalue weighted by Gasteiger charge is 2.20. The van der Waals surface area contributed by atoms with Crippen LogP contribution >= 0.6 is 0 Å². The molecule has 4 rings (SSSR count). The standard InChI is InChI=1S/C20H22N6/c1-14-11-26-13-18(7-8-19(26)23-14)22-10-17-12-25(2)24-20(17)16-5-3-15(9-21)4-6-16/h3-6,11-12,18,22H,7-8,10,13H2,1-2H3/t18-/m1/s1. The molecule has 1 aliphatic heterocycles. The number of aryl methyl sites for hydroxylation is 3. The predicted molar refractivity (Wildman–Crippen MR) is 99.3 cm³/mol. The highest BCUT2D eigenvalue weighted by Crippen LogP contribution is 2.23. The fourth-order valence-electron chi connectivity index (χ4n) is 3.62. The molecule has 0 spiro atoms. The molecule has 132 valence electrons. The molecule has 0 saturated carbocycles. The Labute approximate surface area is 153 Å². The van der Waals surface area contributed by atoms with Gasteiger partial charge in [0.25, 0.3) is 0 Å². The molecular formula is C20H22N6. The Kier molecular flexibility index (Phi) is 4.31. The van der Waals surface area contributed by atoms with Crippen LogP contribution in [0.15, 0.2) is 36.7 Å². The molecule has 0 amide bonds. The van der Waals surface area contributed by atoms with Gasteiger partial charge in [-0.05, 0) is 25.5 Å². The molecule has 1 aromatic carbocycles. The molecule has 6 heteroatoms. The molecule has 1 aliphatic rings. The lowest BCUT2D eigenvalue weighted by Crippen LogP contribution is -2.36. The lowest BCUT2D eigenvalue weighted by molar-refractivity contribution is 0.379. The van der Waals surface area contributed by atoms with Crippen molar-refractivity contribution in [3.8, 4) is 17.3 Å². The second kappa shape index (κ2) is 6.77. The molecular weight excluding hydrogens is 324 g/mol. The van der Waals surface area contributed by atoms with E-state index in [9.17, 15) is 0 Å². The van der Waals surface area contributed by atoms with Crippen LogP contribution in [0.1, 0.15) is 29.1 Å². The quantitative estimate of drug-likeness (QED) is 0.788. The third kappa shape index (κ3) is 3.26. The first-order valence-electron chi connectivity index (χ1n) is 8.91. The zero-order valence-electron chi connectivity index (χ0n) is 15.1. The number of nitriles is 1. The molecule has 6 nitrogen and oxygen atoms in total. The largest absolute Gasteiger partial charge is 0.333 e. The maximum absolute atomic E-state index is 8.97. The Morgan fingerprint density at radius 2 is 2.08 bits per heavy atom. The minimum Gasteiger partial charge on any atom is -0.333 e. The van der Waals surface area contributed by atoms with E-state index in [2.05, 4.69) is 38.4 Å². The molecule has 0 bridgehead atoms. The van der Waals surface area contributed by atoms with Gasteiger partial charge in [-0.1, -0.05) is 12.1 Å². The van der Waals surface area contributed by atoms with Crippen LogP contribution in [0.2, 0.25) is 0 Å². The van der Waals surface area contributed by atoms with Crippen molar-refractivity contribution in [3.63, 3.8) is 0 Å². The lowest BCUT2D eigenvalue weighted by atomic mass is 10.0. The molecule has 0 fully saturated rings. The smallest absolute Gasteiger partial charge is 0.109 e. The van der Waals surface area contributed by atoms with Crippen LogP contribution in [-0.4, -0.2) is 25.4 Å². The van der Waals surface area contributed by atoms with Crippen LogP contribution in [0.4, 0.5) is 0 Å². The summed E-state index contributed by atoms with van der Waals surface area (Å²) in [6, 6.07) is 10.2. The third-order valence-corrected chi connectivity index (χ3v) is 4.89. The fraction of sp³-hybridized carbons (Fsp3) is 0.350. The average molecular weight is 346 g/mol. The molecule has 1 atom stereocenters. The fourth-order valence-corrected chi connectivity index (χ4v) is 3.62. The second-order valence-corrected chi connectivity index (χ2v) is 6.93. The van der Waals surface area contributed by atoms with E-state index in [0.29, 0.717) is 11.6 Å². The number of hydrogen-bond acceptors (Lipinski definition) is 4. The Morgan fingerprint density at radius 3 is 2.85 bits per heavy atom. The van der Waals surface area contributed by atoms with Crippen molar-refractivity contribution in [1.82, 2.24) is 24.6 Å². The number of hydrogen-bond donors (Lipinski definition) is 1. The second-order valence-electron chi connectivity index (χ2n) is 6.93. The van der Waals surface area contributed by atoms with Crippen molar-refractivity contribution < 1.29 is 0 Å². The molecule has 2 aromatic heterocycles. The van der Waals surface area contributed by atoms with Gasteiger partial charge in [-0.2, -0.15) is 10.4 Å². The van der Waals surface area contributed by atoms with Gasteiger partial charge >= 0.3 is 0 Å². The van der Waals surface area contributed by atoms with Crippen molar-refractivity contribution in [2.24, 2.45) is 7.05 Å². The van der Waals surface area contributed by atoms with E-state index < -0.39 is 0 Å². The van der Waals surface area contributed by atoms with Gasteiger partial charge < -0.3 is 9.88 Å². The summed E-state index contributed by atoms with van der Waals surface area (Å²) in [6.45, 7) is 3.78. The summed E-state index contributed by atoms with van der Waals surface area (Å²) in [6.07, 6.45) is 6.32. The van der Waals surface area contributed by atoms with Crippen molar-refractivity contribution >= 4 is 0 Å². The van der Waals surface area contributed by atoms with Crippen LogP contribution in [0.25, 0.3) is 11.3 Å². The Morgan fingerprint density at radius 1 is 1.27 bits per heavy atom. The van der Waals surface area contributed by atoms with Gasteiger partial charge in [-0.15, -0.1) is 0 Å². The molecule has 0 saturated heterocycles. The van der Waals surface area contributed by atoms with Crippen LogP contribution in [0.5, 0.6) is 0 Å². The number of imidazole rings is 1. The SMILES string of the molecule is Cc1cn2c(n1)CC[C@@H](NCc1cn(C)nc1-c1ccc(C#N)cc1)C2. The predicted octanol–water partition coefficient (Wildman–Crippen LogP) is 2.57. The first-order chi connectivity index (χ1) is 12.6. The Hall–Kier alpha value is -2.91. The summed E-state index contributed by atoms with van der Waals surface area (Å²) in [5, 5.41) is 17.3. The minimum atomic E-state index is 0.435. The number of aromatic nitrogens is 4. The lowest BCUT2D eigenvalue weighted by Gasteiger charge is -2.24. The molecule has 3 aromatic rings. The van der Waals surface area contributed by atoms with Crippen molar-refractivity contribution in [2.75, 3.05) is 0 Å². The molecule has 26 heavy (non-hydrogen) atoms. The van der Waals surface area contributed by atoms with Gasteiger partial charge in [-0.25, -0.2) is 4.98 Å². The van der Waals surface area contributed by atoms with E-state index in [1.165, 1.54) is 11.4 Å². The average Bonchev–Trinajstić information content (AvgIpc) is 3.20. The molecule has 3 heterocycles. The zero-order chi connectivity index (χ0) is 18.1. The summed E-state index contributed by atoms with van der Waals surface area (Å²) in [7, 11) is 1.94. The van der Waals surface area contributed by atoms with Gasteiger partial charge in [0.1, 0.15) is 5.82 Å². The first kappa shape index (κ1) is 16.6. The van der Waals surface area contributed by atoms with E-state index in [4.69, 9.17) is 5.26 Å². The third-order valence-electron chi connectivity index (χ3n) is 4.89. The van der Waals surface area contributed by atoms with Crippen LogP contribution in [-0.2, 0) is 26.6 Å². The van der Waals surface area contributed by atoms with Gasteiger partial charge in [0.15, 0.2) is 0 Å². The van der Waals surface area contributed by atoms with Gasteiger partial charge in [0.2, 0.25) is 0 Å². The van der Waals surface area contributed by atoms with E-state index in [-0.39, 0.29) is 0 Å². The van der Waals surface area contributed by atoms with Crippen LogP contribution in [0, 0.1) is 18.3 Å². The highest BCUT2D eigenvalue weighted by molar-refractivity contribution is 5.63. The van der Waals surface area contributed by atoms with Gasteiger partial charge in [-0.3, -0.25) is 4.68 Å². The number of rotatable bonds is 4. The minimum absolute atomic E-state index is 0.435. The van der Waals surface area contributed by atoms with E-state index in [1.807, 2.05) is 42.9 Å². The van der Waals surface area contributed by atoms with Crippen LogP contribution < -0.4 is 5.32 Å². The normalized spacial score (nSPS) is 16.3. The maximum Gasteiger partial charge on any atom is 0.109 e. The molecule has 0 radical (unpaired) electrons. The monoisotopic (exact) mass is 346 g/mol. The van der Waals surface area contributed by atoms with Crippen molar-refractivity contribution in [3.05, 3.63) is 59.3 Å². The number of benzene rings is 1. The van der Waals surface area contributed by atoms with E-state index in [1.54, 1.807) is 0 Å². The number of nitrogens with one attached hydrogen (secondary N) is 1. The maximum atomic E-state index is 8.97. The number of nitrogens with zero attached hydrogens (tertiary/aromatic N) is 5. The molecule has 0 aliphatic carbocycles. The molecule has 0 unspecified atom stereocenters. The van der Waals surface area contributed by atoms with Crippen molar-refractivity contribution in [1.29, 1.82) is 5.26 Å². The Bertz CT molecular complexity index is 957. The topological polar surface area (TPSA) is 71.5 Å². The summed E-state index contributed by atoms with van der Waals surface area (Å²) in [4.78, 5) is 4.57. The summed E-state index contributed by atoms with van der Waals surface area (Å²) >= 11 is 0. The summed E-state index contributed by atoms with van der Waals surface area (Å²) < 4.78 is 4.12. The van der Waals surface area contributed by atoms with Gasteiger partial charge in [0.05, 0.1) is 23.0 Å². The molecule has 1 N–H and O–H groups in total. The Balaban J connectivity index is 1.48.